The highest BCUT2D eigenvalue weighted by molar-refractivity contribution is 5.48. The smallest absolute Gasteiger partial charge is 0.311 e. The van der Waals surface area contributed by atoms with Gasteiger partial charge in [0.25, 0.3) is 0 Å². The van der Waals surface area contributed by atoms with E-state index in [-0.39, 0.29) is 18.0 Å². The van der Waals surface area contributed by atoms with Crippen molar-refractivity contribution in [1.82, 2.24) is 5.32 Å². The SMILES string of the molecule is CCNCc1ccc(OCCCCO)c([N+](=O)[O-])c1. The van der Waals surface area contributed by atoms with E-state index in [0.717, 1.165) is 12.1 Å². The predicted octanol–water partition coefficient (Wildman–Crippen LogP) is 1.86. The van der Waals surface area contributed by atoms with Gasteiger partial charge in [-0.15, -0.1) is 0 Å². The first kappa shape index (κ1) is 15.4. The Labute approximate surface area is 112 Å². The Morgan fingerprint density at radius 1 is 1.42 bits per heavy atom. The Balaban J connectivity index is 2.71. The predicted molar refractivity (Wildman–Crippen MR) is 72.3 cm³/mol. The molecule has 0 saturated carbocycles. The van der Waals surface area contributed by atoms with Crippen LogP contribution in [0.4, 0.5) is 5.69 Å². The molecule has 0 atom stereocenters. The van der Waals surface area contributed by atoms with E-state index in [1.165, 1.54) is 6.07 Å². The monoisotopic (exact) mass is 268 g/mol. The van der Waals surface area contributed by atoms with Crippen molar-refractivity contribution < 1.29 is 14.8 Å². The van der Waals surface area contributed by atoms with Crippen LogP contribution < -0.4 is 10.1 Å². The summed E-state index contributed by atoms with van der Waals surface area (Å²) in [5.41, 5.74) is 0.843. The Morgan fingerprint density at radius 3 is 2.84 bits per heavy atom. The molecule has 0 bridgehead atoms. The van der Waals surface area contributed by atoms with Crippen LogP contribution in [0.15, 0.2) is 18.2 Å². The fraction of sp³-hybridized carbons (Fsp3) is 0.538. The Hall–Kier alpha value is -1.66. The van der Waals surface area contributed by atoms with Gasteiger partial charge in [-0.1, -0.05) is 13.0 Å². The minimum atomic E-state index is -0.434. The molecule has 0 aliphatic carbocycles. The summed E-state index contributed by atoms with van der Waals surface area (Å²) in [6.45, 7) is 3.86. The number of rotatable bonds is 9. The van der Waals surface area contributed by atoms with Gasteiger partial charge in [-0.05, 0) is 31.0 Å². The molecule has 0 unspecified atom stereocenters. The normalized spacial score (nSPS) is 10.4. The zero-order chi connectivity index (χ0) is 14.1. The minimum Gasteiger partial charge on any atom is -0.487 e. The van der Waals surface area contributed by atoms with E-state index in [0.29, 0.717) is 26.0 Å². The summed E-state index contributed by atoms with van der Waals surface area (Å²) in [6.07, 6.45) is 1.30. The molecule has 0 aliphatic heterocycles. The van der Waals surface area contributed by atoms with E-state index < -0.39 is 4.92 Å². The summed E-state index contributed by atoms with van der Waals surface area (Å²) >= 11 is 0. The fourth-order valence-corrected chi connectivity index (χ4v) is 1.60. The molecule has 19 heavy (non-hydrogen) atoms. The largest absolute Gasteiger partial charge is 0.487 e. The van der Waals surface area contributed by atoms with Gasteiger partial charge < -0.3 is 15.2 Å². The van der Waals surface area contributed by atoms with Crippen LogP contribution >= 0.6 is 0 Å². The van der Waals surface area contributed by atoms with Gasteiger partial charge in [0.2, 0.25) is 0 Å². The molecule has 0 heterocycles. The van der Waals surface area contributed by atoms with E-state index in [1.807, 2.05) is 13.0 Å². The number of nitro groups is 1. The molecule has 6 nitrogen and oxygen atoms in total. The molecule has 0 amide bonds. The van der Waals surface area contributed by atoms with E-state index in [2.05, 4.69) is 5.32 Å². The van der Waals surface area contributed by atoms with Crippen molar-refractivity contribution in [3.63, 3.8) is 0 Å². The number of hydrogen-bond acceptors (Lipinski definition) is 5. The van der Waals surface area contributed by atoms with Crippen LogP contribution in [0.25, 0.3) is 0 Å². The number of nitrogens with one attached hydrogen (secondary N) is 1. The fourth-order valence-electron chi connectivity index (χ4n) is 1.60. The van der Waals surface area contributed by atoms with E-state index in [1.54, 1.807) is 6.07 Å². The van der Waals surface area contributed by atoms with Gasteiger partial charge in [-0.25, -0.2) is 0 Å². The highest BCUT2D eigenvalue weighted by atomic mass is 16.6. The van der Waals surface area contributed by atoms with Crippen molar-refractivity contribution in [2.75, 3.05) is 19.8 Å². The first-order valence-corrected chi connectivity index (χ1v) is 6.40. The van der Waals surface area contributed by atoms with Crippen molar-refractivity contribution in [3.8, 4) is 5.75 Å². The molecular weight excluding hydrogens is 248 g/mol. The average Bonchev–Trinajstić information content (AvgIpc) is 2.41. The van der Waals surface area contributed by atoms with Crippen LogP contribution in [0.5, 0.6) is 5.75 Å². The van der Waals surface area contributed by atoms with E-state index in [4.69, 9.17) is 9.84 Å². The van der Waals surface area contributed by atoms with Crippen LogP contribution in [-0.4, -0.2) is 29.8 Å². The first-order valence-electron chi connectivity index (χ1n) is 6.40. The quantitative estimate of drug-likeness (QED) is 0.405. The van der Waals surface area contributed by atoms with E-state index in [9.17, 15) is 10.1 Å². The summed E-state index contributed by atoms with van der Waals surface area (Å²) in [7, 11) is 0. The Kier molecular flexibility index (Phi) is 6.84. The van der Waals surface area contributed by atoms with Crippen molar-refractivity contribution in [2.45, 2.75) is 26.3 Å². The minimum absolute atomic E-state index is 0.0144. The van der Waals surface area contributed by atoms with Crippen molar-refractivity contribution in [3.05, 3.63) is 33.9 Å². The Bertz CT molecular complexity index is 410. The maximum atomic E-state index is 11.0. The van der Waals surface area contributed by atoms with Crippen molar-refractivity contribution in [1.29, 1.82) is 0 Å². The maximum Gasteiger partial charge on any atom is 0.311 e. The second-order valence-corrected chi connectivity index (χ2v) is 4.12. The highest BCUT2D eigenvalue weighted by Crippen LogP contribution is 2.28. The molecule has 0 spiro atoms. The molecule has 0 radical (unpaired) electrons. The second kappa shape index (κ2) is 8.44. The van der Waals surface area contributed by atoms with Crippen LogP contribution in [-0.2, 0) is 6.54 Å². The van der Waals surface area contributed by atoms with Gasteiger partial charge >= 0.3 is 5.69 Å². The number of unbranched alkanes of at least 4 members (excludes halogenated alkanes) is 1. The number of benzene rings is 1. The second-order valence-electron chi connectivity index (χ2n) is 4.12. The molecule has 106 valence electrons. The number of aliphatic hydroxyl groups is 1. The summed E-state index contributed by atoms with van der Waals surface area (Å²) in [5.74, 6) is 0.281. The summed E-state index contributed by atoms with van der Waals surface area (Å²) < 4.78 is 5.39. The molecule has 0 aromatic heterocycles. The number of nitro benzene ring substituents is 1. The van der Waals surface area contributed by atoms with Gasteiger partial charge in [0, 0.05) is 19.2 Å². The number of nitrogens with zero attached hydrogens (tertiary/aromatic N) is 1. The molecule has 1 rings (SSSR count). The summed E-state index contributed by atoms with van der Waals surface area (Å²) in [5, 5.41) is 22.8. The standard InChI is InChI=1S/C13H20N2O4/c1-2-14-10-11-5-6-13(12(9-11)15(17)18)19-8-4-3-7-16/h5-6,9,14,16H,2-4,7-8,10H2,1H3. The van der Waals surface area contributed by atoms with Crippen LogP contribution in [0, 0.1) is 10.1 Å². The van der Waals surface area contributed by atoms with Crippen LogP contribution in [0.1, 0.15) is 25.3 Å². The number of aliphatic hydroxyl groups excluding tert-OH is 1. The Morgan fingerprint density at radius 2 is 2.21 bits per heavy atom. The molecule has 6 heteroatoms. The third-order valence-electron chi connectivity index (χ3n) is 2.61. The van der Waals surface area contributed by atoms with Crippen molar-refractivity contribution >= 4 is 5.69 Å². The lowest BCUT2D eigenvalue weighted by Crippen LogP contribution is -2.12. The number of ether oxygens (including phenoxy) is 1. The average molecular weight is 268 g/mol. The van der Waals surface area contributed by atoms with Gasteiger partial charge in [-0.2, -0.15) is 0 Å². The molecule has 0 aliphatic rings. The van der Waals surface area contributed by atoms with Gasteiger partial charge in [0.15, 0.2) is 5.75 Å². The van der Waals surface area contributed by atoms with Crippen LogP contribution in [0.3, 0.4) is 0 Å². The van der Waals surface area contributed by atoms with Gasteiger partial charge in [0.05, 0.1) is 11.5 Å². The topological polar surface area (TPSA) is 84.6 Å². The van der Waals surface area contributed by atoms with Gasteiger partial charge in [0.1, 0.15) is 0 Å². The lowest BCUT2D eigenvalue weighted by molar-refractivity contribution is -0.385. The molecule has 2 N–H and O–H groups in total. The zero-order valence-electron chi connectivity index (χ0n) is 11.1. The lowest BCUT2D eigenvalue weighted by Gasteiger charge is -2.08. The summed E-state index contributed by atoms with van der Waals surface area (Å²) in [4.78, 5) is 10.6. The molecule has 1 aromatic carbocycles. The highest BCUT2D eigenvalue weighted by Gasteiger charge is 2.15. The lowest BCUT2D eigenvalue weighted by atomic mass is 10.2. The first-order chi connectivity index (χ1) is 9.19. The molecule has 0 saturated heterocycles. The molecule has 1 aromatic rings. The zero-order valence-corrected chi connectivity index (χ0v) is 11.1. The molecule has 0 fully saturated rings. The maximum absolute atomic E-state index is 11.0. The van der Waals surface area contributed by atoms with Crippen molar-refractivity contribution in [2.24, 2.45) is 0 Å². The molecular formula is C13H20N2O4. The van der Waals surface area contributed by atoms with E-state index >= 15 is 0 Å². The summed E-state index contributed by atoms with van der Waals surface area (Å²) in [6, 6.07) is 4.98. The third-order valence-corrected chi connectivity index (χ3v) is 2.61. The van der Waals surface area contributed by atoms with Crippen LogP contribution in [0.2, 0.25) is 0 Å². The number of hydrogen-bond donors (Lipinski definition) is 2. The van der Waals surface area contributed by atoms with Gasteiger partial charge in [-0.3, -0.25) is 10.1 Å². The third kappa shape index (κ3) is 5.23.